The summed E-state index contributed by atoms with van der Waals surface area (Å²) in [5.41, 5.74) is 2.52. The number of hydrogen-bond acceptors (Lipinski definition) is 4. The Balaban J connectivity index is 1.67. The van der Waals surface area contributed by atoms with Crippen LogP contribution >= 0.6 is 0 Å². The van der Waals surface area contributed by atoms with Crippen LogP contribution in [0.2, 0.25) is 0 Å². The van der Waals surface area contributed by atoms with Crippen molar-refractivity contribution in [2.45, 2.75) is 76.6 Å². The quantitative estimate of drug-likeness (QED) is 0.336. The van der Waals surface area contributed by atoms with Crippen LogP contribution in [-0.4, -0.2) is 54.1 Å². The van der Waals surface area contributed by atoms with Crippen LogP contribution in [0.5, 0.6) is 5.75 Å². The Labute approximate surface area is 188 Å². The second kappa shape index (κ2) is 11.2. The highest BCUT2D eigenvalue weighted by Crippen LogP contribution is 2.52. The molecule has 0 radical (unpaired) electrons. The summed E-state index contributed by atoms with van der Waals surface area (Å²) < 4.78 is 6.38. The molecule has 2 aliphatic rings. The number of unbranched alkanes of at least 4 members (excludes halogenated alkanes) is 2. The molecule has 0 spiro atoms. The Morgan fingerprint density at radius 1 is 1.26 bits per heavy atom. The largest absolute Gasteiger partial charge is 0.489 e. The lowest BCUT2D eigenvalue weighted by Crippen LogP contribution is -2.19. The highest BCUT2D eigenvalue weighted by molar-refractivity contribution is 5.49. The smallest absolute Gasteiger partial charge is 0.126 e. The van der Waals surface area contributed by atoms with E-state index in [9.17, 15) is 10.2 Å². The van der Waals surface area contributed by atoms with E-state index in [2.05, 4.69) is 49.0 Å². The number of ether oxygens (including phenoxy) is 1. The van der Waals surface area contributed by atoms with E-state index in [4.69, 9.17) is 4.74 Å². The Bertz CT molecular complexity index is 806. The van der Waals surface area contributed by atoms with Crippen molar-refractivity contribution in [2.75, 3.05) is 20.6 Å². The summed E-state index contributed by atoms with van der Waals surface area (Å²) in [6, 6.07) is 6.48. The van der Waals surface area contributed by atoms with Gasteiger partial charge in [-0.2, -0.15) is 0 Å². The van der Waals surface area contributed by atoms with Crippen LogP contribution in [0.4, 0.5) is 0 Å². The topological polar surface area (TPSA) is 52.9 Å². The molecule has 0 saturated heterocycles. The monoisotopic (exact) mass is 425 g/mol. The average Bonchev–Trinajstić information content (AvgIpc) is 3.24. The summed E-state index contributed by atoms with van der Waals surface area (Å²) >= 11 is 0. The van der Waals surface area contributed by atoms with Gasteiger partial charge in [-0.05, 0) is 58.3 Å². The Kier molecular flexibility index (Phi) is 8.60. The van der Waals surface area contributed by atoms with Crippen molar-refractivity contribution in [3.8, 4) is 17.6 Å². The molecule has 1 aliphatic carbocycles. The molecule has 1 aromatic carbocycles. The van der Waals surface area contributed by atoms with Crippen LogP contribution in [0.1, 0.15) is 63.0 Å². The summed E-state index contributed by atoms with van der Waals surface area (Å²) in [5.74, 6) is 7.17. The van der Waals surface area contributed by atoms with Crippen LogP contribution in [0.15, 0.2) is 30.4 Å². The van der Waals surface area contributed by atoms with Crippen molar-refractivity contribution >= 4 is 0 Å². The highest BCUT2D eigenvalue weighted by Gasteiger charge is 2.48. The first-order valence-electron chi connectivity index (χ1n) is 11.8. The molecule has 4 nitrogen and oxygen atoms in total. The zero-order valence-electron chi connectivity index (χ0n) is 19.6. The fraction of sp³-hybridized carbons (Fsp3) is 0.630. The van der Waals surface area contributed by atoms with Gasteiger partial charge in [0.05, 0.1) is 12.2 Å². The minimum Gasteiger partial charge on any atom is -0.489 e. The van der Waals surface area contributed by atoms with Crippen molar-refractivity contribution in [3.63, 3.8) is 0 Å². The molecule has 2 N–H and O–H groups in total. The second-order valence-corrected chi connectivity index (χ2v) is 9.50. The fourth-order valence-corrected chi connectivity index (χ4v) is 4.90. The lowest BCUT2D eigenvalue weighted by atomic mass is 9.86. The number of benzene rings is 1. The minimum atomic E-state index is -0.553. The Morgan fingerprint density at radius 2 is 2.06 bits per heavy atom. The van der Waals surface area contributed by atoms with Crippen LogP contribution in [0.3, 0.4) is 0 Å². The van der Waals surface area contributed by atoms with Gasteiger partial charge >= 0.3 is 0 Å². The normalized spacial score (nSPS) is 26.3. The van der Waals surface area contributed by atoms with Crippen LogP contribution in [0.25, 0.3) is 0 Å². The first-order valence-corrected chi connectivity index (χ1v) is 11.8. The molecule has 1 fully saturated rings. The maximum atomic E-state index is 10.7. The summed E-state index contributed by atoms with van der Waals surface area (Å²) in [7, 11) is 4.24. The van der Waals surface area contributed by atoms with Gasteiger partial charge in [-0.3, -0.25) is 0 Å². The van der Waals surface area contributed by atoms with Crippen molar-refractivity contribution in [2.24, 2.45) is 11.8 Å². The second-order valence-electron chi connectivity index (χ2n) is 9.50. The molecule has 1 saturated carbocycles. The van der Waals surface area contributed by atoms with Gasteiger partial charge in [0, 0.05) is 30.2 Å². The SMILES string of the molecule is CC#CC[C@H](C)[C@H](O)C=C[C@@H]1[C@H]2c3cccc(CCCCCN(C)C)c3O[C@H]2C[C@H]1O. The van der Waals surface area contributed by atoms with E-state index in [0.29, 0.717) is 12.8 Å². The van der Waals surface area contributed by atoms with Gasteiger partial charge in [-0.1, -0.05) is 43.7 Å². The molecule has 1 aromatic rings. The molecular formula is C27H39NO3. The van der Waals surface area contributed by atoms with Crippen LogP contribution in [-0.2, 0) is 6.42 Å². The van der Waals surface area contributed by atoms with Gasteiger partial charge in [0.2, 0.25) is 0 Å². The van der Waals surface area contributed by atoms with Gasteiger partial charge in [0.25, 0.3) is 0 Å². The fourth-order valence-electron chi connectivity index (χ4n) is 4.90. The first-order chi connectivity index (χ1) is 14.9. The van der Waals surface area contributed by atoms with E-state index in [1.807, 2.05) is 26.0 Å². The van der Waals surface area contributed by atoms with Gasteiger partial charge in [-0.15, -0.1) is 11.8 Å². The summed E-state index contributed by atoms with van der Waals surface area (Å²) in [4.78, 5) is 2.23. The van der Waals surface area contributed by atoms with Gasteiger partial charge < -0.3 is 19.8 Å². The number of aliphatic hydroxyl groups excluding tert-OH is 2. The maximum absolute atomic E-state index is 10.7. The van der Waals surface area contributed by atoms with Crippen LogP contribution < -0.4 is 4.74 Å². The molecule has 170 valence electrons. The molecule has 1 aliphatic heterocycles. The predicted molar refractivity (Wildman–Crippen MR) is 126 cm³/mol. The predicted octanol–water partition coefficient (Wildman–Crippen LogP) is 4.15. The van der Waals surface area contributed by atoms with Crippen LogP contribution in [0, 0.1) is 23.7 Å². The molecule has 0 amide bonds. The van der Waals surface area contributed by atoms with Gasteiger partial charge in [0.1, 0.15) is 11.9 Å². The Hall–Kier alpha value is -1.80. The first kappa shape index (κ1) is 23.9. The van der Waals surface area contributed by atoms with Crippen molar-refractivity contribution in [1.82, 2.24) is 4.90 Å². The van der Waals surface area contributed by atoms with Gasteiger partial charge in [-0.25, -0.2) is 0 Å². The number of aryl methyl sites for hydroxylation is 1. The third kappa shape index (κ3) is 5.92. The third-order valence-electron chi connectivity index (χ3n) is 6.75. The van der Waals surface area contributed by atoms with E-state index in [1.165, 1.54) is 30.4 Å². The van der Waals surface area contributed by atoms with E-state index >= 15 is 0 Å². The Morgan fingerprint density at radius 3 is 2.81 bits per heavy atom. The number of nitrogens with zero attached hydrogens (tertiary/aromatic N) is 1. The molecule has 6 atom stereocenters. The standard InChI is InChI=1S/C27H39NO3/c1-5-6-11-19(2)23(29)16-15-21-24(30)18-25-26(21)22-14-10-13-20(27(22)31-25)12-8-7-9-17-28(3)4/h10,13-16,19,21,23-26,29-30H,7-9,11-12,17-18H2,1-4H3/t19-,21-,23+,24+,25-,26-/m0/s1. The van der Waals surface area contributed by atoms with E-state index in [-0.39, 0.29) is 23.9 Å². The van der Waals surface area contributed by atoms with Crippen molar-refractivity contribution < 1.29 is 14.9 Å². The molecular weight excluding hydrogens is 386 g/mol. The van der Waals surface area contributed by atoms with E-state index in [1.54, 1.807) is 0 Å². The lowest BCUT2D eigenvalue weighted by Gasteiger charge is -2.19. The zero-order chi connectivity index (χ0) is 22.4. The number of fused-ring (bicyclic) bond motifs is 3. The number of para-hydroxylation sites is 1. The van der Waals surface area contributed by atoms with Crippen molar-refractivity contribution in [1.29, 1.82) is 0 Å². The highest BCUT2D eigenvalue weighted by atomic mass is 16.5. The molecule has 0 bridgehead atoms. The van der Waals surface area contributed by atoms with Gasteiger partial charge in [0.15, 0.2) is 0 Å². The molecule has 4 heteroatoms. The summed E-state index contributed by atoms with van der Waals surface area (Å²) in [6.45, 7) is 4.96. The molecule has 1 heterocycles. The average molecular weight is 426 g/mol. The molecule has 31 heavy (non-hydrogen) atoms. The summed E-state index contributed by atoms with van der Waals surface area (Å²) in [5, 5.41) is 21.2. The minimum absolute atomic E-state index is 0.0232. The molecule has 3 rings (SSSR count). The molecule has 0 aromatic heterocycles. The molecule has 0 unspecified atom stereocenters. The number of aliphatic hydroxyl groups is 2. The maximum Gasteiger partial charge on any atom is 0.126 e. The van der Waals surface area contributed by atoms with Crippen molar-refractivity contribution in [3.05, 3.63) is 41.5 Å². The number of hydrogen-bond donors (Lipinski definition) is 2. The van der Waals surface area contributed by atoms with E-state index in [0.717, 1.165) is 18.7 Å². The zero-order valence-corrected chi connectivity index (χ0v) is 19.6. The summed E-state index contributed by atoms with van der Waals surface area (Å²) in [6.07, 6.45) is 8.86. The number of rotatable bonds is 10. The lowest BCUT2D eigenvalue weighted by molar-refractivity contribution is 0.134. The third-order valence-corrected chi connectivity index (χ3v) is 6.75. The van der Waals surface area contributed by atoms with E-state index < -0.39 is 12.2 Å².